The third-order valence-electron chi connectivity index (χ3n) is 2.95. The highest BCUT2D eigenvalue weighted by atomic mass is 79.9. The second kappa shape index (κ2) is 6.61. The van der Waals surface area contributed by atoms with Crippen LogP contribution in [0.1, 0.15) is 20.8 Å². The van der Waals surface area contributed by atoms with Crippen LogP contribution in [0.2, 0.25) is 4.34 Å². The molecule has 0 unspecified atom stereocenters. The summed E-state index contributed by atoms with van der Waals surface area (Å²) in [5.41, 5.74) is 2.57. The van der Waals surface area contributed by atoms with E-state index in [4.69, 9.17) is 11.6 Å². The quantitative estimate of drug-likeness (QED) is 0.831. The van der Waals surface area contributed by atoms with Gasteiger partial charge in [0.05, 0.1) is 0 Å². The fraction of sp³-hybridized carbons (Fsp3) is 0.214. The molecule has 1 aromatic heterocycles. The van der Waals surface area contributed by atoms with Gasteiger partial charge in [-0.3, -0.25) is 4.79 Å². The van der Waals surface area contributed by atoms with E-state index in [2.05, 4.69) is 26.6 Å². The summed E-state index contributed by atoms with van der Waals surface area (Å²) in [4.78, 5) is 12.9. The molecular formula is C14H14BrClN2OS. The van der Waals surface area contributed by atoms with Crippen LogP contribution < -0.4 is 10.6 Å². The molecule has 1 aromatic carbocycles. The lowest BCUT2D eigenvalue weighted by molar-refractivity contribution is 0.0962. The average Bonchev–Trinajstić information content (AvgIpc) is 2.76. The normalized spacial score (nSPS) is 10.4. The van der Waals surface area contributed by atoms with Gasteiger partial charge in [-0.05, 0) is 46.6 Å². The van der Waals surface area contributed by atoms with Crippen molar-refractivity contribution in [3.63, 3.8) is 0 Å². The number of hydrogen-bond acceptors (Lipinski definition) is 3. The maximum Gasteiger partial charge on any atom is 0.251 e. The van der Waals surface area contributed by atoms with Crippen molar-refractivity contribution >= 4 is 50.5 Å². The molecule has 0 aliphatic rings. The first-order chi connectivity index (χ1) is 9.52. The van der Waals surface area contributed by atoms with Gasteiger partial charge >= 0.3 is 0 Å². The van der Waals surface area contributed by atoms with E-state index in [0.717, 1.165) is 24.9 Å². The zero-order chi connectivity index (χ0) is 14.7. The molecule has 6 heteroatoms. The molecule has 2 N–H and O–H groups in total. The second-order valence-electron chi connectivity index (χ2n) is 4.25. The Morgan fingerprint density at radius 1 is 1.45 bits per heavy atom. The van der Waals surface area contributed by atoms with Crippen LogP contribution in [0.15, 0.2) is 28.7 Å². The molecule has 1 heterocycles. The number of carbonyl (C=O) groups is 1. The first kappa shape index (κ1) is 15.4. The molecule has 0 atom stereocenters. The minimum absolute atomic E-state index is 0.0759. The number of halogens is 2. The van der Waals surface area contributed by atoms with Crippen LogP contribution in [-0.2, 0) is 6.54 Å². The van der Waals surface area contributed by atoms with Gasteiger partial charge in [-0.15, -0.1) is 11.3 Å². The van der Waals surface area contributed by atoms with Crippen LogP contribution in [0, 0.1) is 6.92 Å². The molecule has 0 fully saturated rings. The molecule has 1 amide bonds. The molecular weight excluding hydrogens is 360 g/mol. The van der Waals surface area contributed by atoms with Gasteiger partial charge in [-0.1, -0.05) is 17.7 Å². The minimum Gasteiger partial charge on any atom is -0.380 e. The third-order valence-corrected chi connectivity index (χ3v) is 5.43. The van der Waals surface area contributed by atoms with Gasteiger partial charge in [0.25, 0.3) is 5.91 Å². The first-order valence-corrected chi connectivity index (χ1v) is 8.01. The SMILES string of the molecule is CNC(=O)c1cccc(NCc2cc(Br)c(Cl)s2)c1C. The van der Waals surface area contributed by atoms with Crippen molar-refractivity contribution in [1.82, 2.24) is 5.32 Å². The predicted octanol–water partition coefficient (Wildman–Crippen LogP) is 4.44. The summed E-state index contributed by atoms with van der Waals surface area (Å²) in [5, 5.41) is 5.99. The third kappa shape index (κ3) is 3.34. The van der Waals surface area contributed by atoms with Crippen molar-refractivity contribution in [2.24, 2.45) is 0 Å². The standard InChI is InChI=1S/C14H14BrClN2OS/c1-8-10(14(19)17-2)4-3-5-12(8)18-7-9-6-11(15)13(16)20-9/h3-6,18H,7H2,1-2H3,(H,17,19). The highest BCUT2D eigenvalue weighted by Crippen LogP contribution is 2.32. The van der Waals surface area contributed by atoms with Gasteiger partial charge in [0.2, 0.25) is 0 Å². The van der Waals surface area contributed by atoms with Gasteiger partial charge < -0.3 is 10.6 Å². The molecule has 0 bridgehead atoms. The summed E-state index contributed by atoms with van der Waals surface area (Å²) < 4.78 is 1.66. The van der Waals surface area contributed by atoms with Crippen LogP contribution in [0.3, 0.4) is 0 Å². The Balaban J connectivity index is 2.15. The zero-order valence-corrected chi connectivity index (χ0v) is 14.2. The fourth-order valence-electron chi connectivity index (χ4n) is 1.87. The molecule has 0 saturated carbocycles. The van der Waals surface area contributed by atoms with Crippen LogP contribution in [0.5, 0.6) is 0 Å². The van der Waals surface area contributed by atoms with E-state index in [9.17, 15) is 4.79 Å². The number of amides is 1. The van der Waals surface area contributed by atoms with Crippen molar-refractivity contribution < 1.29 is 4.79 Å². The number of benzene rings is 1. The van der Waals surface area contributed by atoms with E-state index in [1.54, 1.807) is 7.05 Å². The second-order valence-corrected chi connectivity index (χ2v) is 6.84. The largest absolute Gasteiger partial charge is 0.380 e. The summed E-state index contributed by atoms with van der Waals surface area (Å²) >= 11 is 10.9. The summed E-state index contributed by atoms with van der Waals surface area (Å²) in [6.07, 6.45) is 0. The lowest BCUT2D eigenvalue weighted by Gasteiger charge is -2.12. The van der Waals surface area contributed by atoms with E-state index >= 15 is 0 Å². The lowest BCUT2D eigenvalue weighted by atomic mass is 10.1. The molecule has 106 valence electrons. The molecule has 20 heavy (non-hydrogen) atoms. The number of hydrogen-bond donors (Lipinski definition) is 2. The smallest absolute Gasteiger partial charge is 0.251 e. The number of nitrogens with one attached hydrogen (secondary N) is 2. The molecule has 0 saturated heterocycles. The maximum atomic E-state index is 11.7. The lowest BCUT2D eigenvalue weighted by Crippen LogP contribution is -2.19. The van der Waals surface area contributed by atoms with Crippen molar-refractivity contribution in [3.05, 3.63) is 49.1 Å². The van der Waals surface area contributed by atoms with Crippen molar-refractivity contribution in [3.8, 4) is 0 Å². The Bertz CT molecular complexity index is 623. The Kier molecular flexibility index (Phi) is 5.07. The van der Waals surface area contributed by atoms with Gasteiger partial charge in [0.15, 0.2) is 0 Å². The molecule has 0 aliphatic heterocycles. The zero-order valence-electron chi connectivity index (χ0n) is 11.1. The van der Waals surface area contributed by atoms with Crippen LogP contribution in [0.4, 0.5) is 5.69 Å². The molecule has 0 radical (unpaired) electrons. The summed E-state index contributed by atoms with van der Waals surface area (Å²) in [6.45, 7) is 2.61. The molecule has 2 rings (SSSR count). The fourth-order valence-corrected chi connectivity index (χ4v) is 3.60. The minimum atomic E-state index is -0.0759. The van der Waals surface area contributed by atoms with Crippen LogP contribution in [-0.4, -0.2) is 13.0 Å². The molecule has 2 aromatic rings. The van der Waals surface area contributed by atoms with Crippen molar-refractivity contribution in [2.75, 3.05) is 12.4 Å². The first-order valence-electron chi connectivity index (χ1n) is 6.02. The Labute approximate surface area is 135 Å². The Morgan fingerprint density at radius 3 is 2.80 bits per heavy atom. The number of thiophene rings is 1. The van der Waals surface area contributed by atoms with Gasteiger partial charge in [-0.25, -0.2) is 0 Å². The molecule has 0 aliphatic carbocycles. The molecule has 3 nitrogen and oxygen atoms in total. The average molecular weight is 374 g/mol. The Hall–Kier alpha value is -1.04. The topological polar surface area (TPSA) is 41.1 Å². The van der Waals surface area contributed by atoms with Gasteiger partial charge in [-0.2, -0.15) is 0 Å². The van der Waals surface area contributed by atoms with Crippen LogP contribution >= 0.6 is 38.9 Å². The number of rotatable bonds is 4. The summed E-state index contributed by atoms with van der Waals surface area (Å²) in [5.74, 6) is -0.0759. The van der Waals surface area contributed by atoms with Crippen molar-refractivity contribution in [2.45, 2.75) is 13.5 Å². The highest BCUT2D eigenvalue weighted by Gasteiger charge is 2.10. The van der Waals surface area contributed by atoms with Gasteiger partial charge in [0, 0.05) is 34.2 Å². The van der Waals surface area contributed by atoms with E-state index in [1.165, 1.54) is 11.3 Å². The van der Waals surface area contributed by atoms with Crippen molar-refractivity contribution in [1.29, 1.82) is 0 Å². The monoisotopic (exact) mass is 372 g/mol. The van der Waals surface area contributed by atoms with Gasteiger partial charge in [0.1, 0.15) is 4.34 Å². The summed E-state index contributed by atoms with van der Waals surface area (Å²) in [7, 11) is 1.63. The number of anilines is 1. The number of carbonyl (C=O) groups excluding carboxylic acids is 1. The molecule has 0 spiro atoms. The maximum absolute atomic E-state index is 11.7. The summed E-state index contributed by atoms with van der Waals surface area (Å²) in [6, 6.07) is 7.65. The van der Waals surface area contributed by atoms with E-state index in [-0.39, 0.29) is 5.91 Å². The predicted molar refractivity (Wildman–Crippen MR) is 88.9 cm³/mol. The van der Waals surface area contributed by atoms with E-state index in [0.29, 0.717) is 12.1 Å². The van der Waals surface area contributed by atoms with E-state index < -0.39 is 0 Å². The van der Waals surface area contributed by atoms with Crippen LogP contribution in [0.25, 0.3) is 0 Å². The van der Waals surface area contributed by atoms with E-state index in [1.807, 2.05) is 31.2 Å². The highest BCUT2D eigenvalue weighted by molar-refractivity contribution is 9.10. The Morgan fingerprint density at radius 2 is 2.20 bits per heavy atom.